The molecule has 1 fully saturated rings. The van der Waals surface area contributed by atoms with E-state index in [-0.39, 0.29) is 24.2 Å². The summed E-state index contributed by atoms with van der Waals surface area (Å²) in [5.41, 5.74) is 5.03. The highest BCUT2D eigenvalue weighted by molar-refractivity contribution is 6.03. The number of carbonyl (C=O) groups is 2. The number of carbonyl (C=O) groups excluding carboxylic acids is 2. The van der Waals surface area contributed by atoms with Crippen LogP contribution in [0, 0.1) is 19.8 Å². The predicted molar refractivity (Wildman–Crippen MR) is 109 cm³/mol. The Morgan fingerprint density at radius 1 is 1.19 bits per heavy atom. The molecule has 1 heterocycles. The molecule has 1 atom stereocenters. The highest BCUT2D eigenvalue weighted by atomic mass is 16.2. The fraction of sp³-hybridized carbons (Fsp3) is 0.364. The molecule has 3 rings (SSSR count). The largest absolute Gasteiger partial charge is 0.326 e. The second kappa shape index (κ2) is 8.35. The number of benzene rings is 2. The van der Waals surface area contributed by atoms with Gasteiger partial charge in [-0.15, -0.1) is 0 Å². The molecule has 0 aliphatic carbocycles. The summed E-state index contributed by atoms with van der Waals surface area (Å²) in [6, 6.07) is 13.7. The number of anilines is 2. The molecule has 0 bridgehead atoms. The van der Waals surface area contributed by atoms with Crippen LogP contribution in [-0.2, 0) is 16.1 Å². The normalized spacial score (nSPS) is 16.6. The zero-order valence-electron chi connectivity index (χ0n) is 16.2. The SMILES string of the molecule is CCNCc1cccc(NC(=O)C2CC(=O)N(c3cccc(C)c3C)C2)c1. The van der Waals surface area contributed by atoms with Gasteiger partial charge in [-0.1, -0.05) is 31.2 Å². The van der Waals surface area contributed by atoms with Crippen LogP contribution in [0.3, 0.4) is 0 Å². The molecule has 2 N–H and O–H groups in total. The third-order valence-electron chi connectivity index (χ3n) is 5.14. The molecule has 1 aliphatic rings. The van der Waals surface area contributed by atoms with Crippen molar-refractivity contribution in [1.29, 1.82) is 0 Å². The molecule has 5 nitrogen and oxygen atoms in total. The van der Waals surface area contributed by atoms with Crippen molar-refractivity contribution in [3.05, 3.63) is 59.2 Å². The summed E-state index contributed by atoms with van der Waals surface area (Å²) in [6.07, 6.45) is 0.246. The minimum atomic E-state index is -0.338. The van der Waals surface area contributed by atoms with Crippen LogP contribution in [0.4, 0.5) is 11.4 Å². The number of hydrogen-bond donors (Lipinski definition) is 2. The lowest BCUT2D eigenvalue weighted by Gasteiger charge is -2.20. The molecule has 0 radical (unpaired) electrons. The van der Waals surface area contributed by atoms with Crippen LogP contribution in [-0.4, -0.2) is 24.9 Å². The van der Waals surface area contributed by atoms with Crippen molar-refractivity contribution >= 4 is 23.2 Å². The summed E-state index contributed by atoms with van der Waals surface area (Å²) in [7, 11) is 0. The second-order valence-electron chi connectivity index (χ2n) is 7.09. The molecular formula is C22H27N3O2. The Kier molecular flexibility index (Phi) is 5.91. The van der Waals surface area contributed by atoms with Crippen LogP contribution >= 0.6 is 0 Å². The lowest BCUT2D eigenvalue weighted by molar-refractivity contribution is -0.122. The number of nitrogens with one attached hydrogen (secondary N) is 2. The van der Waals surface area contributed by atoms with E-state index in [0.29, 0.717) is 6.54 Å². The molecule has 1 aliphatic heterocycles. The van der Waals surface area contributed by atoms with Crippen LogP contribution in [0.1, 0.15) is 30.0 Å². The van der Waals surface area contributed by atoms with E-state index in [0.717, 1.165) is 41.2 Å². The third-order valence-corrected chi connectivity index (χ3v) is 5.14. The Bertz CT molecular complexity index is 847. The molecule has 2 aromatic carbocycles. The van der Waals surface area contributed by atoms with Gasteiger partial charge < -0.3 is 15.5 Å². The lowest BCUT2D eigenvalue weighted by Crippen LogP contribution is -2.28. The van der Waals surface area contributed by atoms with Gasteiger partial charge in [-0.05, 0) is 55.3 Å². The van der Waals surface area contributed by atoms with E-state index in [1.54, 1.807) is 4.90 Å². The van der Waals surface area contributed by atoms with Gasteiger partial charge in [0.15, 0.2) is 0 Å². The van der Waals surface area contributed by atoms with E-state index in [1.807, 2.05) is 56.3 Å². The predicted octanol–water partition coefficient (Wildman–Crippen LogP) is 3.40. The topological polar surface area (TPSA) is 61.4 Å². The van der Waals surface area contributed by atoms with E-state index in [4.69, 9.17) is 0 Å². The third kappa shape index (κ3) is 4.37. The van der Waals surface area contributed by atoms with Gasteiger partial charge in [-0.3, -0.25) is 9.59 Å². The van der Waals surface area contributed by atoms with Crippen LogP contribution in [0.5, 0.6) is 0 Å². The molecular weight excluding hydrogens is 338 g/mol. The van der Waals surface area contributed by atoms with Crippen molar-refractivity contribution < 1.29 is 9.59 Å². The van der Waals surface area contributed by atoms with Crippen molar-refractivity contribution in [2.45, 2.75) is 33.7 Å². The van der Waals surface area contributed by atoms with Crippen LogP contribution in [0.15, 0.2) is 42.5 Å². The quantitative estimate of drug-likeness (QED) is 0.825. The Balaban J connectivity index is 1.68. The van der Waals surface area contributed by atoms with Gasteiger partial charge in [0.2, 0.25) is 11.8 Å². The molecule has 1 unspecified atom stereocenters. The zero-order chi connectivity index (χ0) is 19.4. The molecule has 2 aromatic rings. The Labute approximate surface area is 160 Å². The number of amides is 2. The maximum Gasteiger partial charge on any atom is 0.229 e. The number of hydrogen-bond acceptors (Lipinski definition) is 3. The smallest absolute Gasteiger partial charge is 0.229 e. The molecule has 142 valence electrons. The van der Waals surface area contributed by atoms with Crippen molar-refractivity contribution in [3.8, 4) is 0 Å². The summed E-state index contributed by atoms with van der Waals surface area (Å²) in [4.78, 5) is 27.0. The van der Waals surface area contributed by atoms with Crippen molar-refractivity contribution in [3.63, 3.8) is 0 Å². The van der Waals surface area contributed by atoms with Crippen molar-refractivity contribution in [1.82, 2.24) is 5.32 Å². The standard InChI is InChI=1S/C22H27N3O2/c1-4-23-13-17-8-6-9-19(11-17)24-22(27)18-12-21(26)25(14-18)20-10-5-7-15(2)16(20)3/h5-11,18,23H,4,12-14H2,1-3H3,(H,24,27). The van der Waals surface area contributed by atoms with Crippen molar-refractivity contribution in [2.24, 2.45) is 5.92 Å². The monoisotopic (exact) mass is 365 g/mol. The summed E-state index contributed by atoms with van der Waals surface area (Å²) in [5, 5.41) is 6.25. The highest BCUT2D eigenvalue weighted by Crippen LogP contribution is 2.30. The van der Waals surface area contributed by atoms with Gasteiger partial charge in [0.25, 0.3) is 0 Å². The molecule has 0 aromatic heterocycles. The fourth-order valence-corrected chi connectivity index (χ4v) is 3.42. The summed E-state index contributed by atoms with van der Waals surface area (Å²) < 4.78 is 0. The lowest BCUT2D eigenvalue weighted by atomic mass is 10.1. The number of aryl methyl sites for hydroxylation is 1. The molecule has 27 heavy (non-hydrogen) atoms. The Morgan fingerprint density at radius 2 is 1.96 bits per heavy atom. The van der Waals surface area contributed by atoms with Gasteiger partial charge in [-0.2, -0.15) is 0 Å². The van der Waals surface area contributed by atoms with E-state index >= 15 is 0 Å². The summed E-state index contributed by atoms with van der Waals surface area (Å²) in [6.45, 7) is 8.19. The first-order valence-corrected chi connectivity index (χ1v) is 9.46. The van der Waals surface area contributed by atoms with Gasteiger partial charge in [-0.25, -0.2) is 0 Å². The first-order valence-electron chi connectivity index (χ1n) is 9.46. The van der Waals surface area contributed by atoms with E-state index < -0.39 is 0 Å². The first kappa shape index (κ1) is 19.1. The number of nitrogens with zero attached hydrogens (tertiary/aromatic N) is 1. The minimum absolute atomic E-state index is 0.00439. The van der Waals surface area contributed by atoms with E-state index in [2.05, 4.69) is 17.6 Å². The maximum atomic E-state index is 12.7. The second-order valence-corrected chi connectivity index (χ2v) is 7.09. The van der Waals surface area contributed by atoms with Crippen LogP contribution in [0.2, 0.25) is 0 Å². The minimum Gasteiger partial charge on any atom is -0.326 e. The molecule has 0 saturated carbocycles. The molecule has 0 spiro atoms. The fourth-order valence-electron chi connectivity index (χ4n) is 3.42. The zero-order valence-corrected chi connectivity index (χ0v) is 16.2. The Hall–Kier alpha value is -2.66. The van der Waals surface area contributed by atoms with E-state index in [1.165, 1.54) is 0 Å². The number of rotatable bonds is 6. The summed E-state index contributed by atoms with van der Waals surface area (Å²) >= 11 is 0. The average Bonchev–Trinajstić information content (AvgIpc) is 3.04. The van der Waals surface area contributed by atoms with Gasteiger partial charge in [0.05, 0.1) is 5.92 Å². The van der Waals surface area contributed by atoms with Crippen LogP contribution < -0.4 is 15.5 Å². The first-order chi connectivity index (χ1) is 13.0. The maximum absolute atomic E-state index is 12.7. The molecule has 5 heteroatoms. The molecule has 2 amide bonds. The van der Waals surface area contributed by atoms with Gasteiger partial charge >= 0.3 is 0 Å². The summed E-state index contributed by atoms with van der Waals surface area (Å²) in [5.74, 6) is -0.434. The average molecular weight is 365 g/mol. The van der Waals surface area contributed by atoms with E-state index in [9.17, 15) is 9.59 Å². The van der Waals surface area contributed by atoms with Crippen molar-refractivity contribution in [2.75, 3.05) is 23.3 Å². The highest BCUT2D eigenvalue weighted by Gasteiger charge is 2.35. The van der Waals surface area contributed by atoms with Gasteiger partial charge in [0.1, 0.15) is 0 Å². The molecule has 1 saturated heterocycles. The van der Waals surface area contributed by atoms with Crippen LogP contribution in [0.25, 0.3) is 0 Å². The van der Waals surface area contributed by atoms with Gasteiger partial charge in [0, 0.05) is 30.9 Å². The Morgan fingerprint density at radius 3 is 2.74 bits per heavy atom.